The summed E-state index contributed by atoms with van der Waals surface area (Å²) in [7, 11) is 0. The number of fused-ring (bicyclic) bond motifs is 6. The standard InChI is InChI=1S/C47H29N3S/c1-3-13-31(14-4-1)41-29-42(32-15-5-2-6-16-32)50-47(49-41)34-24-22-33(23-25-34)45-44-38-19-9-10-21-43(38)51-46(44)39-28-35(26-27-40(39)48-45)37-20-11-17-30-12-7-8-18-36(30)37/h1-29H. The molecule has 0 unspecified atom stereocenters. The molecule has 0 saturated carbocycles. The van der Waals surface area contributed by atoms with Crippen LogP contribution < -0.4 is 0 Å². The fourth-order valence-electron chi connectivity index (χ4n) is 7.18. The van der Waals surface area contributed by atoms with Crippen LogP contribution in [0.4, 0.5) is 0 Å². The minimum absolute atomic E-state index is 0.695. The molecule has 10 rings (SSSR count). The summed E-state index contributed by atoms with van der Waals surface area (Å²) in [5.74, 6) is 0.695. The van der Waals surface area contributed by atoms with E-state index >= 15 is 0 Å². The molecule has 0 aliphatic rings. The zero-order valence-electron chi connectivity index (χ0n) is 27.5. The lowest BCUT2D eigenvalue weighted by Gasteiger charge is -2.12. The largest absolute Gasteiger partial charge is 0.247 e. The lowest BCUT2D eigenvalue weighted by atomic mass is 9.96. The number of hydrogen-bond acceptors (Lipinski definition) is 4. The van der Waals surface area contributed by atoms with Crippen LogP contribution in [-0.2, 0) is 0 Å². The van der Waals surface area contributed by atoms with Crippen molar-refractivity contribution in [1.29, 1.82) is 0 Å². The van der Waals surface area contributed by atoms with Crippen LogP contribution in [-0.4, -0.2) is 15.0 Å². The number of benzene rings is 7. The second-order valence-corrected chi connectivity index (χ2v) is 13.8. The Morgan fingerprint density at radius 3 is 1.75 bits per heavy atom. The minimum Gasteiger partial charge on any atom is -0.247 e. The first-order valence-electron chi connectivity index (χ1n) is 17.1. The lowest BCUT2D eigenvalue weighted by molar-refractivity contribution is 1.18. The number of aromatic nitrogens is 3. The molecule has 10 aromatic rings. The molecule has 0 atom stereocenters. The van der Waals surface area contributed by atoms with E-state index in [0.29, 0.717) is 5.82 Å². The monoisotopic (exact) mass is 667 g/mol. The van der Waals surface area contributed by atoms with E-state index < -0.39 is 0 Å². The van der Waals surface area contributed by atoms with Gasteiger partial charge in [0.05, 0.1) is 22.6 Å². The second kappa shape index (κ2) is 12.1. The van der Waals surface area contributed by atoms with E-state index in [0.717, 1.165) is 44.9 Å². The topological polar surface area (TPSA) is 38.7 Å². The zero-order valence-corrected chi connectivity index (χ0v) is 28.3. The summed E-state index contributed by atoms with van der Waals surface area (Å²) >= 11 is 1.85. The second-order valence-electron chi connectivity index (χ2n) is 12.8. The van der Waals surface area contributed by atoms with E-state index in [2.05, 4.69) is 140 Å². The first-order valence-corrected chi connectivity index (χ1v) is 17.9. The van der Waals surface area contributed by atoms with Gasteiger partial charge in [-0.2, -0.15) is 0 Å². The molecule has 238 valence electrons. The molecule has 0 fully saturated rings. The molecule has 51 heavy (non-hydrogen) atoms. The van der Waals surface area contributed by atoms with E-state index in [1.54, 1.807) is 0 Å². The maximum Gasteiger partial charge on any atom is 0.160 e. The number of pyridine rings is 1. The van der Waals surface area contributed by atoms with Crippen LogP contribution in [0.25, 0.3) is 98.1 Å². The van der Waals surface area contributed by atoms with Crippen molar-refractivity contribution >= 4 is 53.2 Å². The Labute approximate surface area is 299 Å². The van der Waals surface area contributed by atoms with Crippen LogP contribution in [0.5, 0.6) is 0 Å². The third-order valence-electron chi connectivity index (χ3n) is 9.69. The molecule has 4 heteroatoms. The Hall–Kier alpha value is -6.49. The van der Waals surface area contributed by atoms with Crippen molar-refractivity contribution in [3.63, 3.8) is 0 Å². The molecule has 7 aromatic carbocycles. The maximum atomic E-state index is 5.38. The van der Waals surface area contributed by atoms with Crippen LogP contribution in [0.1, 0.15) is 0 Å². The van der Waals surface area contributed by atoms with Gasteiger partial charge in [-0.25, -0.2) is 15.0 Å². The Morgan fingerprint density at radius 1 is 0.392 bits per heavy atom. The van der Waals surface area contributed by atoms with Gasteiger partial charge in [-0.15, -0.1) is 11.3 Å². The first-order chi connectivity index (χ1) is 25.3. The van der Waals surface area contributed by atoms with Gasteiger partial charge in [-0.1, -0.05) is 152 Å². The minimum atomic E-state index is 0.695. The molecule has 0 radical (unpaired) electrons. The summed E-state index contributed by atoms with van der Waals surface area (Å²) < 4.78 is 2.52. The number of nitrogens with zero attached hydrogens (tertiary/aromatic N) is 3. The van der Waals surface area contributed by atoms with Crippen molar-refractivity contribution in [3.05, 3.63) is 176 Å². The molecule has 0 aliphatic heterocycles. The Morgan fingerprint density at radius 2 is 1.00 bits per heavy atom. The normalized spacial score (nSPS) is 11.5. The highest BCUT2D eigenvalue weighted by molar-refractivity contribution is 7.26. The van der Waals surface area contributed by atoms with Crippen LogP contribution in [0.3, 0.4) is 0 Å². The van der Waals surface area contributed by atoms with Crippen LogP contribution in [0.2, 0.25) is 0 Å². The number of hydrogen-bond donors (Lipinski definition) is 0. The van der Waals surface area contributed by atoms with Crippen LogP contribution >= 0.6 is 11.3 Å². The van der Waals surface area contributed by atoms with Crippen molar-refractivity contribution in [2.45, 2.75) is 0 Å². The molecule has 0 spiro atoms. The predicted octanol–water partition coefficient (Wildman–Crippen LogP) is 12.9. The summed E-state index contributed by atoms with van der Waals surface area (Å²) in [6.07, 6.45) is 0. The fraction of sp³-hybridized carbons (Fsp3) is 0. The van der Waals surface area contributed by atoms with Gasteiger partial charge in [-0.3, -0.25) is 0 Å². The smallest absolute Gasteiger partial charge is 0.160 e. The molecule has 0 amide bonds. The maximum absolute atomic E-state index is 5.38. The van der Waals surface area contributed by atoms with Gasteiger partial charge in [0.25, 0.3) is 0 Å². The van der Waals surface area contributed by atoms with Gasteiger partial charge in [-0.05, 0) is 46.2 Å². The Kier molecular flexibility index (Phi) is 7.00. The van der Waals surface area contributed by atoms with Gasteiger partial charge in [0.2, 0.25) is 0 Å². The molecule has 0 aliphatic carbocycles. The molecular formula is C47H29N3S. The summed E-state index contributed by atoms with van der Waals surface area (Å²) in [6, 6.07) is 61.8. The highest BCUT2D eigenvalue weighted by atomic mass is 32.1. The zero-order chi connectivity index (χ0) is 33.7. The molecule has 3 aromatic heterocycles. The molecular weight excluding hydrogens is 639 g/mol. The summed E-state index contributed by atoms with van der Waals surface area (Å²) in [6.45, 7) is 0. The molecule has 0 saturated heterocycles. The highest BCUT2D eigenvalue weighted by Gasteiger charge is 2.18. The molecule has 3 heterocycles. The molecule has 0 bridgehead atoms. The third kappa shape index (κ3) is 5.16. The van der Waals surface area contributed by atoms with Crippen LogP contribution in [0, 0.1) is 0 Å². The quantitative estimate of drug-likeness (QED) is 0.183. The van der Waals surface area contributed by atoms with E-state index in [4.69, 9.17) is 15.0 Å². The summed E-state index contributed by atoms with van der Waals surface area (Å²) in [4.78, 5) is 15.5. The van der Waals surface area contributed by atoms with Crippen molar-refractivity contribution in [2.75, 3.05) is 0 Å². The lowest BCUT2D eigenvalue weighted by Crippen LogP contribution is -1.96. The Balaban J connectivity index is 1.12. The first kappa shape index (κ1) is 29.4. The van der Waals surface area contributed by atoms with Gasteiger partial charge < -0.3 is 0 Å². The van der Waals surface area contributed by atoms with Crippen molar-refractivity contribution < 1.29 is 0 Å². The van der Waals surface area contributed by atoms with Crippen LogP contribution in [0.15, 0.2) is 176 Å². The predicted molar refractivity (Wildman–Crippen MR) is 215 cm³/mol. The summed E-state index contributed by atoms with van der Waals surface area (Å²) in [5, 5.41) is 6.10. The third-order valence-corrected chi connectivity index (χ3v) is 10.9. The average molecular weight is 668 g/mol. The Bertz CT molecular complexity index is 2830. The van der Waals surface area contributed by atoms with Crippen molar-refractivity contribution in [2.24, 2.45) is 0 Å². The number of rotatable bonds is 5. The van der Waals surface area contributed by atoms with E-state index in [9.17, 15) is 0 Å². The summed E-state index contributed by atoms with van der Waals surface area (Å²) in [5.41, 5.74) is 10.4. The fourth-order valence-corrected chi connectivity index (χ4v) is 8.41. The molecule has 3 nitrogen and oxygen atoms in total. The average Bonchev–Trinajstić information content (AvgIpc) is 3.61. The van der Waals surface area contributed by atoms with Gasteiger partial charge in [0.1, 0.15) is 0 Å². The molecule has 0 N–H and O–H groups in total. The number of thiophene rings is 1. The van der Waals surface area contributed by atoms with E-state index in [1.165, 1.54) is 47.5 Å². The van der Waals surface area contributed by atoms with Gasteiger partial charge in [0.15, 0.2) is 5.82 Å². The van der Waals surface area contributed by atoms with Crippen molar-refractivity contribution in [3.8, 4) is 56.3 Å². The SMILES string of the molecule is c1ccc(-c2cc(-c3ccccc3)nc(-c3ccc(-c4nc5ccc(-c6cccc7ccccc67)cc5c5sc6ccccc6c45)cc3)n2)cc1. The highest BCUT2D eigenvalue weighted by Crippen LogP contribution is 2.44. The van der Waals surface area contributed by atoms with Gasteiger partial charge >= 0.3 is 0 Å². The van der Waals surface area contributed by atoms with E-state index in [-0.39, 0.29) is 0 Å². The van der Waals surface area contributed by atoms with E-state index in [1.807, 2.05) is 47.7 Å². The van der Waals surface area contributed by atoms with Crippen molar-refractivity contribution in [1.82, 2.24) is 15.0 Å². The van der Waals surface area contributed by atoms with Gasteiger partial charge in [0, 0.05) is 47.8 Å².